The summed E-state index contributed by atoms with van der Waals surface area (Å²) in [4.78, 5) is 14.4. The van der Waals surface area contributed by atoms with Crippen LogP contribution in [0.3, 0.4) is 0 Å². The van der Waals surface area contributed by atoms with Crippen molar-refractivity contribution in [1.29, 1.82) is 5.26 Å². The summed E-state index contributed by atoms with van der Waals surface area (Å²) in [7, 11) is -1.80. The summed E-state index contributed by atoms with van der Waals surface area (Å²) in [5.41, 5.74) is 1.83. The first-order valence-corrected chi connectivity index (χ1v) is 10.2. The Balaban J connectivity index is 1.72. The number of carbonyl (C=O) groups is 1. The van der Waals surface area contributed by atoms with Gasteiger partial charge >= 0.3 is 0 Å². The van der Waals surface area contributed by atoms with Gasteiger partial charge in [-0.3, -0.25) is 4.79 Å². The highest BCUT2D eigenvalue weighted by Gasteiger charge is 2.27. The van der Waals surface area contributed by atoms with Gasteiger partial charge in [-0.1, -0.05) is 12.1 Å². The second kappa shape index (κ2) is 7.91. The SMILES string of the molecule is CN(Cc1cccc(C#N)c1)C(=O)c1ccc(S(=O)(=O)N2CCCC2)cc1. The molecule has 0 aromatic heterocycles. The zero-order valence-electron chi connectivity index (χ0n) is 15.1. The Kier molecular flexibility index (Phi) is 5.59. The van der Waals surface area contributed by atoms with Crippen LogP contribution in [0.15, 0.2) is 53.4 Å². The summed E-state index contributed by atoms with van der Waals surface area (Å²) in [5, 5.41) is 8.97. The predicted molar refractivity (Wildman–Crippen MR) is 101 cm³/mol. The molecule has 0 atom stereocenters. The van der Waals surface area contributed by atoms with Gasteiger partial charge in [0.15, 0.2) is 0 Å². The number of hydrogen-bond donors (Lipinski definition) is 0. The summed E-state index contributed by atoms with van der Waals surface area (Å²) in [5.74, 6) is -0.206. The number of amides is 1. The highest BCUT2D eigenvalue weighted by Crippen LogP contribution is 2.21. The van der Waals surface area contributed by atoms with Gasteiger partial charge in [0.05, 0.1) is 16.5 Å². The number of rotatable bonds is 5. The normalized spacial score (nSPS) is 14.7. The van der Waals surface area contributed by atoms with Crippen molar-refractivity contribution in [2.45, 2.75) is 24.3 Å². The molecule has 0 N–H and O–H groups in total. The number of sulfonamides is 1. The largest absolute Gasteiger partial charge is 0.337 e. The van der Waals surface area contributed by atoms with Crippen LogP contribution in [-0.4, -0.2) is 43.7 Å². The van der Waals surface area contributed by atoms with Crippen molar-refractivity contribution >= 4 is 15.9 Å². The minimum Gasteiger partial charge on any atom is -0.337 e. The molecule has 7 heteroatoms. The minimum atomic E-state index is -3.48. The van der Waals surface area contributed by atoms with Crippen LogP contribution >= 0.6 is 0 Å². The van der Waals surface area contributed by atoms with Crippen LogP contribution in [-0.2, 0) is 16.6 Å². The molecule has 0 aliphatic carbocycles. The highest BCUT2D eigenvalue weighted by atomic mass is 32.2. The molecule has 2 aromatic rings. The van der Waals surface area contributed by atoms with Crippen molar-refractivity contribution in [3.05, 3.63) is 65.2 Å². The van der Waals surface area contributed by atoms with E-state index in [0.29, 0.717) is 30.8 Å². The number of nitrogens with zero attached hydrogens (tertiary/aromatic N) is 3. The minimum absolute atomic E-state index is 0.206. The Labute approximate surface area is 159 Å². The molecular formula is C20H21N3O3S. The second-order valence-electron chi connectivity index (χ2n) is 6.61. The maximum absolute atomic E-state index is 12.6. The molecule has 140 valence electrons. The van der Waals surface area contributed by atoms with Gasteiger partial charge in [0.2, 0.25) is 10.0 Å². The summed E-state index contributed by atoms with van der Waals surface area (Å²) in [6.45, 7) is 1.46. The zero-order valence-corrected chi connectivity index (χ0v) is 15.9. The van der Waals surface area contributed by atoms with Crippen LogP contribution < -0.4 is 0 Å². The fourth-order valence-electron chi connectivity index (χ4n) is 3.15. The maximum Gasteiger partial charge on any atom is 0.253 e. The smallest absolute Gasteiger partial charge is 0.253 e. The molecule has 1 aliphatic heterocycles. The van der Waals surface area contributed by atoms with Crippen LogP contribution in [0.5, 0.6) is 0 Å². The van der Waals surface area contributed by atoms with Crippen LogP contribution in [0.1, 0.15) is 34.3 Å². The third-order valence-electron chi connectivity index (χ3n) is 4.63. The Morgan fingerprint density at radius 3 is 2.44 bits per heavy atom. The Morgan fingerprint density at radius 2 is 1.81 bits per heavy atom. The first kappa shape index (κ1) is 19.1. The number of nitriles is 1. The van der Waals surface area contributed by atoms with Crippen molar-refractivity contribution in [1.82, 2.24) is 9.21 Å². The maximum atomic E-state index is 12.6. The zero-order chi connectivity index (χ0) is 19.4. The van der Waals surface area contributed by atoms with Crippen molar-refractivity contribution in [2.75, 3.05) is 20.1 Å². The van der Waals surface area contributed by atoms with Crippen molar-refractivity contribution in [2.24, 2.45) is 0 Å². The van der Waals surface area contributed by atoms with Gasteiger partial charge < -0.3 is 4.90 Å². The van der Waals surface area contributed by atoms with E-state index in [4.69, 9.17) is 5.26 Å². The van der Waals surface area contributed by atoms with E-state index >= 15 is 0 Å². The highest BCUT2D eigenvalue weighted by molar-refractivity contribution is 7.89. The molecule has 0 radical (unpaired) electrons. The molecule has 0 saturated carbocycles. The van der Waals surface area contributed by atoms with Crippen LogP contribution in [0.2, 0.25) is 0 Å². The monoisotopic (exact) mass is 383 g/mol. The summed E-state index contributed by atoms with van der Waals surface area (Å²) in [6, 6.07) is 15.3. The van der Waals surface area contributed by atoms with Crippen molar-refractivity contribution < 1.29 is 13.2 Å². The Hall–Kier alpha value is -2.69. The molecule has 2 aromatic carbocycles. The number of benzene rings is 2. The molecule has 27 heavy (non-hydrogen) atoms. The average Bonchev–Trinajstić information content (AvgIpc) is 3.23. The molecule has 0 bridgehead atoms. The first-order chi connectivity index (χ1) is 12.9. The van der Waals surface area contributed by atoms with Gasteiger partial charge in [-0.25, -0.2) is 8.42 Å². The quantitative estimate of drug-likeness (QED) is 0.795. The second-order valence-corrected chi connectivity index (χ2v) is 8.55. The first-order valence-electron chi connectivity index (χ1n) is 8.76. The summed E-state index contributed by atoms with van der Waals surface area (Å²) in [6.07, 6.45) is 1.77. The molecule has 1 amide bonds. The molecule has 1 saturated heterocycles. The molecule has 1 heterocycles. The fourth-order valence-corrected chi connectivity index (χ4v) is 4.67. The predicted octanol–water partition coefficient (Wildman–Crippen LogP) is 2.61. The van der Waals surface area contributed by atoms with Gasteiger partial charge in [-0.05, 0) is 54.8 Å². The number of carbonyl (C=O) groups excluding carboxylic acids is 1. The summed E-state index contributed by atoms with van der Waals surface area (Å²) < 4.78 is 26.6. The van der Waals surface area contributed by atoms with E-state index in [9.17, 15) is 13.2 Å². The third-order valence-corrected chi connectivity index (χ3v) is 6.54. The Bertz CT molecular complexity index is 972. The van der Waals surface area contributed by atoms with Crippen molar-refractivity contribution in [3.8, 4) is 6.07 Å². The van der Waals surface area contributed by atoms with E-state index in [1.54, 1.807) is 42.3 Å². The van der Waals surface area contributed by atoms with Crippen LogP contribution in [0.4, 0.5) is 0 Å². The van der Waals surface area contributed by atoms with Gasteiger partial charge in [0.25, 0.3) is 5.91 Å². The lowest BCUT2D eigenvalue weighted by molar-refractivity contribution is 0.0785. The molecule has 3 rings (SSSR count). The van der Waals surface area contributed by atoms with E-state index < -0.39 is 10.0 Å². The lowest BCUT2D eigenvalue weighted by Crippen LogP contribution is -2.28. The molecule has 1 aliphatic rings. The fraction of sp³-hybridized carbons (Fsp3) is 0.300. The molecule has 0 spiro atoms. The lowest BCUT2D eigenvalue weighted by Gasteiger charge is -2.18. The van der Waals surface area contributed by atoms with Gasteiger partial charge in [-0.2, -0.15) is 9.57 Å². The number of hydrogen-bond acceptors (Lipinski definition) is 4. The van der Waals surface area contributed by atoms with E-state index in [0.717, 1.165) is 18.4 Å². The molecule has 1 fully saturated rings. The standard InChI is InChI=1S/C20H21N3O3S/c1-22(15-17-6-4-5-16(13-17)14-21)20(24)18-7-9-19(10-8-18)27(25,26)23-11-2-3-12-23/h4-10,13H,2-3,11-12,15H2,1H3. The molecular weight excluding hydrogens is 362 g/mol. The van der Waals surface area contributed by atoms with E-state index in [2.05, 4.69) is 6.07 Å². The van der Waals surface area contributed by atoms with Crippen molar-refractivity contribution in [3.63, 3.8) is 0 Å². The van der Waals surface area contributed by atoms with E-state index in [-0.39, 0.29) is 10.8 Å². The average molecular weight is 383 g/mol. The van der Waals surface area contributed by atoms with E-state index in [1.165, 1.54) is 16.4 Å². The van der Waals surface area contributed by atoms with Gasteiger partial charge in [0.1, 0.15) is 0 Å². The third kappa shape index (κ3) is 4.18. The molecule has 6 nitrogen and oxygen atoms in total. The van der Waals surface area contributed by atoms with Gasteiger partial charge in [0, 0.05) is 32.2 Å². The topological polar surface area (TPSA) is 81.5 Å². The molecule has 0 unspecified atom stereocenters. The lowest BCUT2D eigenvalue weighted by atomic mass is 10.1. The van der Waals surface area contributed by atoms with Gasteiger partial charge in [-0.15, -0.1) is 0 Å². The Morgan fingerprint density at radius 1 is 1.15 bits per heavy atom. The van der Waals surface area contributed by atoms with E-state index in [1.807, 2.05) is 6.07 Å². The van der Waals surface area contributed by atoms with Crippen LogP contribution in [0.25, 0.3) is 0 Å². The summed E-state index contributed by atoms with van der Waals surface area (Å²) >= 11 is 0. The van der Waals surface area contributed by atoms with Crippen LogP contribution in [0, 0.1) is 11.3 Å².